The highest BCUT2D eigenvalue weighted by atomic mass is 35.5. The molecule has 1 aromatic heterocycles. The van der Waals surface area contributed by atoms with Gasteiger partial charge >= 0.3 is 0 Å². The minimum absolute atomic E-state index is 0.282. The van der Waals surface area contributed by atoms with Gasteiger partial charge < -0.3 is 15.0 Å². The van der Waals surface area contributed by atoms with Crippen LogP contribution in [0.15, 0.2) is 36.5 Å². The van der Waals surface area contributed by atoms with Crippen molar-refractivity contribution in [3.63, 3.8) is 0 Å². The molecule has 0 atom stereocenters. The number of morpholine rings is 1. The van der Waals surface area contributed by atoms with Crippen LogP contribution in [-0.4, -0.2) is 37.2 Å². The van der Waals surface area contributed by atoms with Crippen LogP contribution in [0.3, 0.4) is 0 Å². The number of benzene rings is 1. The van der Waals surface area contributed by atoms with Crippen molar-refractivity contribution in [3.8, 4) is 0 Å². The van der Waals surface area contributed by atoms with Gasteiger partial charge in [0.25, 0.3) is 5.91 Å². The summed E-state index contributed by atoms with van der Waals surface area (Å²) in [6, 6.07) is 8.49. The molecule has 1 saturated heterocycles. The van der Waals surface area contributed by atoms with Gasteiger partial charge in [-0.05, 0) is 30.3 Å². The number of nitrogens with one attached hydrogen (secondary N) is 1. The lowest BCUT2D eigenvalue weighted by Crippen LogP contribution is -2.36. The van der Waals surface area contributed by atoms with Crippen LogP contribution in [0, 0.1) is 0 Å². The van der Waals surface area contributed by atoms with Gasteiger partial charge in [-0.1, -0.05) is 23.2 Å². The minimum Gasteiger partial charge on any atom is -0.378 e. The molecule has 0 spiro atoms. The largest absolute Gasteiger partial charge is 0.378 e. The van der Waals surface area contributed by atoms with Gasteiger partial charge in [0.1, 0.15) is 5.82 Å². The van der Waals surface area contributed by atoms with Gasteiger partial charge in [-0.2, -0.15) is 0 Å². The molecule has 2 aromatic rings. The predicted octanol–water partition coefficient (Wildman–Crippen LogP) is 3.48. The van der Waals surface area contributed by atoms with Crippen molar-refractivity contribution in [2.75, 3.05) is 36.5 Å². The summed E-state index contributed by atoms with van der Waals surface area (Å²) in [5.41, 5.74) is 0.930. The number of amides is 1. The molecule has 120 valence electrons. The number of pyridine rings is 1. The van der Waals surface area contributed by atoms with Crippen LogP contribution in [0.1, 0.15) is 10.4 Å². The number of hydrogen-bond donors (Lipinski definition) is 1. The Balaban J connectivity index is 1.71. The molecule has 1 aromatic carbocycles. The van der Waals surface area contributed by atoms with E-state index in [1.807, 2.05) is 6.07 Å². The van der Waals surface area contributed by atoms with Crippen LogP contribution in [-0.2, 0) is 4.74 Å². The van der Waals surface area contributed by atoms with E-state index in [-0.39, 0.29) is 5.91 Å². The molecule has 1 aliphatic rings. The molecule has 2 heterocycles. The molecule has 0 radical (unpaired) electrons. The monoisotopic (exact) mass is 351 g/mol. The molecule has 1 aliphatic heterocycles. The fourth-order valence-corrected chi connectivity index (χ4v) is 2.62. The summed E-state index contributed by atoms with van der Waals surface area (Å²) >= 11 is 12.0. The van der Waals surface area contributed by atoms with Crippen molar-refractivity contribution in [1.82, 2.24) is 4.98 Å². The second kappa shape index (κ2) is 7.17. The fraction of sp³-hybridized carbons (Fsp3) is 0.250. The van der Waals surface area contributed by atoms with Gasteiger partial charge in [0, 0.05) is 24.3 Å². The zero-order valence-corrected chi connectivity index (χ0v) is 13.8. The van der Waals surface area contributed by atoms with E-state index in [1.165, 1.54) is 0 Å². The van der Waals surface area contributed by atoms with Gasteiger partial charge in [-0.25, -0.2) is 4.98 Å². The summed E-state index contributed by atoms with van der Waals surface area (Å²) in [6.45, 7) is 2.99. The molecule has 0 unspecified atom stereocenters. The lowest BCUT2D eigenvalue weighted by molar-refractivity contribution is 0.102. The summed E-state index contributed by atoms with van der Waals surface area (Å²) in [6.07, 6.45) is 1.55. The minimum atomic E-state index is -0.282. The molecule has 1 fully saturated rings. The van der Waals surface area contributed by atoms with Gasteiger partial charge in [0.2, 0.25) is 0 Å². The molecular weight excluding hydrogens is 337 g/mol. The molecule has 7 heteroatoms. The Morgan fingerprint density at radius 1 is 1.17 bits per heavy atom. The molecule has 1 N–H and O–H groups in total. The summed E-state index contributed by atoms with van der Waals surface area (Å²) in [5.74, 6) is 0.556. The molecule has 5 nitrogen and oxygen atoms in total. The van der Waals surface area contributed by atoms with Crippen molar-refractivity contribution in [1.29, 1.82) is 0 Å². The third kappa shape index (κ3) is 3.93. The first kappa shape index (κ1) is 16.1. The van der Waals surface area contributed by atoms with E-state index in [4.69, 9.17) is 27.9 Å². The van der Waals surface area contributed by atoms with Crippen molar-refractivity contribution in [3.05, 3.63) is 52.1 Å². The second-order valence-corrected chi connectivity index (χ2v) is 5.93. The molecule has 0 saturated carbocycles. The number of halogens is 2. The topological polar surface area (TPSA) is 54.5 Å². The Bertz CT molecular complexity index is 701. The van der Waals surface area contributed by atoms with E-state index >= 15 is 0 Å². The van der Waals surface area contributed by atoms with Crippen LogP contribution in [0.4, 0.5) is 11.5 Å². The summed E-state index contributed by atoms with van der Waals surface area (Å²) in [4.78, 5) is 18.8. The van der Waals surface area contributed by atoms with E-state index in [0.717, 1.165) is 18.9 Å². The number of nitrogens with zero attached hydrogens (tertiary/aromatic N) is 2. The first-order valence-electron chi connectivity index (χ1n) is 7.18. The fourth-order valence-electron chi connectivity index (χ4n) is 2.29. The van der Waals surface area contributed by atoms with E-state index < -0.39 is 0 Å². The number of hydrogen-bond acceptors (Lipinski definition) is 4. The van der Waals surface area contributed by atoms with E-state index in [1.54, 1.807) is 30.5 Å². The van der Waals surface area contributed by atoms with Gasteiger partial charge in [-0.15, -0.1) is 0 Å². The molecular formula is C16H15Cl2N3O2. The van der Waals surface area contributed by atoms with Gasteiger partial charge in [0.05, 0.1) is 29.5 Å². The molecule has 3 rings (SSSR count). The summed E-state index contributed by atoms with van der Waals surface area (Å²) < 4.78 is 5.31. The predicted molar refractivity (Wildman–Crippen MR) is 91.7 cm³/mol. The molecule has 0 aliphatic carbocycles. The number of carbonyl (C=O) groups is 1. The zero-order chi connectivity index (χ0) is 16.2. The first-order valence-corrected chi connectivity index (χ1v) is 7.94. The quantitative estimate of drug-likeness (QED) is 0.919. The van der Waals surface area contributed by atoms with E-state index in [2.05, 4.69) is 15.2 Å². The van der Waals surface area contributed by atoms with Gasteiger partial charge in [0.15, 0.2) is 0 Å². The number of rotatable bonds is 3. The zero-order valence-electron chi connectivity index (χ0n) is 12.3. The average Bonchev–Trinajstić information content (AvgIpc) is 2.59. The highest BCUT2D eigenvalue weighted by molar-refractivity contribution is 6.35. The van der Waals surface area contributed by atoms with Crippen LogP contribution in [0.5, 0.6) is 0 Å². The van der Waals surface area contributed by atoms with Crippen LogP contribution >= 0.6 is 23.2 Å². The SMILES string of the molecule is O=C(Nc1cc(Cl)ccc1Cl)c1ccc(N2CCOCC2)nc1. The Morgan fingerprint density at radius 2 is 1.96 bits per heavy atom. The summed E-state index contributed by atoms with van der Waals surface area (Å²) in [5, 5.41) is 3.67. The molecule has 23 heavy (non-hydrogen) atoms. The van der Waals surface area contributed by atoms with Gasteiger partial charge in [-0.3, -0.25) is 4.79 Å². The van der Waals surface area contributed by atoms with Crippen molar-refractivity contribution in [2.24, 2.45) is 0 Å². The van der Waals surface area contributed by atoms with Crippen LogP contribution < -0.4 is 10.2 Å². The van der Waals surface area contributed by atoms with E-state index in [9.17, 15) is 4.79 Å². The third-order valence-corrected chi connectivity index (χ3v) is 4.09. The Labute approximate surface area is 144 Å². The van der Waals surface area contributed by atoms with E-state index in [0.29, 0.717) is 34.5 Å². The van der Waals surface area contributed by atoms with Crippen molar-refractivity contribution >= 4 is 40.6 Å². The number of aromatic nitrogens is 1. The highest BCUT2D eigenvalue weighted by Crippen LogP contribution is 2.26. The molecule has 1 amide bonds. The normalized spacial score (nSPS) is 14.6. The highest BCUT2D eigenvalue weighted by Gasteiger charge is 2.14. The van der Waals surface area contributed by atoms with Crippen LogP contribution in [0.2, 0.25) is 10.0 Å². The number of carbonyl (C=O) groups excluding carboxylic acids is 1. The first-order chi connectivity index (χ1) is 11.1. The van der Waals surface area contributed by atoms with Crippen molar-refractivity contribution < 1.29 is 9.53 Å². The second-order valence-electron chi connectivity index (χ2n) is 5.08. The standard InChI is InChI=1S/C16H15Cl2N3O2/c17-12-2-3-13(18)14(9-12)20-16(22)11-1-4-15(19-10-11)21-5-7-23-8-6-21/h1-4,9-10H,5-8H2,(H,20,22). The summed E-state index contributed by atoms with van der Waals surface area (Å²) in [7, 11) is 0. The number of ether oxygens (including phenoxy) is 1. The number of anilines is 2. The molecule has 0 bridgehead atoms. The maximum atomic E-state index is 12.3. The Morgan fingerprint density at radius 3 is 2.65 bits per heavy atom. The Hall–Kier alpha value is -1.82. The average molecular weight is 352 g/mol. The van der Waals surface area contributed by atoms with Crippen LogP contribution in [0.25, 0.3) is 0 Å². The smallest absolute Gasteiger partial charge is 0.257 e. The van der Waals surface area contributed by atoms with Crippen molar-refractivity contribution in [2.45, 2.75) is 0 Å². The third-order valence-electron chi connectivity index (χ3n) is 3.52. The lowest BCUT2D eigenvalue weighted by Gasteiger charge is -2.27. The Kier molecular flexibility index (Phi) is 5.00. The maximum absolute atomic E-state index is 12.3. The maximum Gasteiger partial charge on any atom is 0.257 e. The lowest BCUT2D eigenvalue weighted by atomic mass is 10.2.